The summed E-state index contributed by atoms with van der Waals surface area (Å²) >= 11 is 0. The minimum atomic E-state index is -0.361. The third-order valence-corrected chi connectivity index (χ3v) is 5.91. The van der Waals surface area contributed by atoms with Gasteiger partial charge in [0.25, 0.3) is 0 Å². The smallest absolute Gasteiger partial charge is 0.319 e. The largest absolute Gasteiger partial charge is 0.465 e. The number of hydrogen-bond acceptors (Lipinski definition) is 8. The highest BCUT2D eigenvalue weighted by molar-refractivity contribution is 5.71. The summed E-state index contributed by atoms with van der Waals surface area (Å²) in [4.78, 5) is 23.0. The van der Waals surface area contributed by atoms with E-state index >= 15 is 0 Å². The fraction of sp³-hybridized carbons (Fsp3) is 0.478. The average Bonchev–Trinajstić information content (AvgIpc) is 3.26. The summed E-state index contributed by atoms with van der Waals surface area (Å²) in [6.45, 7) is 3.98. The van der Waals surface area contributed by atoms with E-state index < -0.39 is 0 Å². The molecule has 0 radical (unpaired) electrons. The molecule has 3 aromatic rings. The van der Waals surface area contributed by atoms with Crippen molar-refractivity contribution in [1.29, 1.82) is 0 Å². The van der Waals surface area contributed by atoms with Crippen molar-refractivity contribution < 1.29 is 9.53 Å². The van der Waals surface area contributed by atoms with Crippen LogP contribution in [0.5, 0.6) is 0 Å². The average molecular weight is 438 g/mol. The molecule has 3 N–H and O–H groups in total. The van der Waals surface area contributed by atoms with Gasteiger partial charge in [0.15, 0.2) is 5.65 Å². The highest BCUT2D eigenvalue weighted by Crippen LogP contribution is 2.29. The summed E-state index contributed by atoms with van der Waals surface area (Å²) in [5.74, 6) is 1.46. The zero-order valence-electron chi connectivity index (χ0n) is 18.5. The number of nitrogens with zero attached hydrogens (tertiary/aromatic N) is 5. The lowest BCUT2D eigenvalue weighted by atomic mass is 9.99. The topological polar surface area (TPSA) is 111 Å². The van der Waals surface area contributed by atoms with Crippen LogP contribution in [-0.4, -0.2) is 51.3 Å². The Morgan fingerprint density at radius 3 is 3.03 bits per heavy atom. The number of rotatable bonds is 9. The van der Waals surface area contributed by atoms with Crippen molar-refractivity contribution in [2.45, 2.75) is 51.6 Å². The molecule has 4 heterocycles. The van der Waals surface area contributed by atoms with E-state index in [1.165, 1.54) is 0 Å². The molecule has 1 atom stereocenters. The number of pyridine rings is 1. The minimum Gasteiger partial charge on any atom is -0.465 e. The predicted octanol–water partition coefficient (Wildman–Crippen LogP) is 2.55. The summed E-state index contributed by atoms with van der Waals surface area (Å²) in [6, 6.07) is 6.32. The van der Waals surface area contributed by atoms with Gasteiger partial charge in [0.1, 0.15) is 11.6 Å². The monoisotopic (exact) mass is 437 g/mol. The molecule has 1 aliphatic rings. The van der Waals surface area contributed by atoms with Crippen LogP contribution >= 0.6 is 0 Å². The number of hydrogen-bond donors (Lipinski definition) is 2. The Labute approximate surface area is 188 Å². The molecular weight excluding hydrogens is 406 g/mol. The zero-order chi connectivity index (χ0) is 22.3. The van der Waals surface area contributed by atoms with Crippen molar-refractivity contribution in [2.24, 2.45) is 5.73 Å². The number of anilines is 2. The van der Waals surface area contributed by atoms with Gasteiger partial charge in [-0.25, -0.2) is 4.98 Å². The van der Waals surface area contributed by atoms with E-state index in [0.717, 1.165) is 67.1 Å². The summed E-state index contributed by atoms with van der Waals surface area (Å²) in [7, 11) is 0. The predicted molar refractivity (Wildman–Crippen MR) is 124 cm³/mol. The van der Waals surface area contributed by atoms with Crippen LogP contribution in [0.3, 0.4) is 0 Å². The van der Waals surface area contributed by atoms with E-state index in [4.69, 9.17) is 15.5 Å². The van der Waals surface area contributed by atoms with E-state index in [2.05, 4.69) is 33.3 Å². The van der Waals surface area contributed by atoms with Gasteiger partial charge in [-0.1, -0.05) is 13.0 Å². The number of nitrogens with one attached hydrogen (secondary N) is 1. The summed E-state index contributed by atoms with van der Waals surface area (Å²) in [5.41, 5.74) is 8.43. The lowest BCUT2D eigenvalue weighted by Crippen LogP contribution is -2.41. The summed E-state index contributed by atoms with van der Waals surface area (Å²) < 4.78 is 7.12. The molecule has 0 amide bonds. The first kappa shape index (κ1) is 22.0. The lowest BCUT2D eigenvalue weighted by molar-refractivity contribution is -0.142. The molecule has 9 nitrogen and oxygen atoms in total. The zero-order valence-corrected chi connectivity index (χ0v) is 18.5. The maximum Gasteiger partial charge on any atom is 0.319 e. The number of esters is 1. The minimum absolute atomic E-state index is 0.0838. The number of aryl methyl sites for hydroxylation is 1. The van der Waals surface area contributed by atoms with E-state index in [1.54, 1.807) is 6.20 Å². The van der Waals surface area contributed by atoms with Gasteiger partial charge < -0.3 is 20.7 Å². The second-order valence-electron chi connectivity index (χ2n) is 8.03. The molecule has 1 aliphatic heterocycles. The number of aromatic nitrogens is 4. The first-order valence-electron chi connectivity index (χ1n) is 11.3. The molecule has 3 aromatic heterocycles. The van der Waals surface area contributed by atoms with E-state index in [9.17, 15) is 4.79 Å². The second kappa shape index (κ2) is 10.4. The van der Waals surface area contributed by atoms with Gasteiger partial charge >= 0.3 is 5.97 Å². The van der Waals surface area contributed by atoms with Crippen molar-refractivity contribution in [1.82, 2.24) is 19.6 Å². The molecule has 0 aromatic carbocycles. The number of carbonyl (C=O) groups is 1. The van der Waals surface area contributed by atoms with Gasteiger partial charge in [-0.3, -0.25) is 9.78 Å². The van der Waals surface area contributed by atoms with Crippen molar-refractivity contribution in [3.8, 4) is 0 Å². The lowest BCUT2D eigenvalue weighted by Gasteiger charge is -2.37. The number of carbonyl (C=O) groups excluding carboxylic acids is 1. The highest BCUT2D eigenvalue weighted by Gasteiger charge is 2.25. The first-order chi connectivity index (χ1) is 15.7. The first-order valence-corrected chi connectivity index (χ1v) is 11.3. The van der Waals surface area contributed by atoms with E-state index in [0.29, 0.717) is 13.2 Å². The van der Waals surface area contributed by atoms with Crippen LogP contribution < -0.4 is 16.0 Å². The van der Waals surface area contributed by atoms with Crippen LogP contribution in [0.2, 0.25) is 0 Å². The van der Waals surface area contributed by atoms with Crippen LogP contribution in [-0.2, 0) is 22.5 Å². The second-order valence-corrected chi connectivity index (χ2v) is 8.03. The molecule has 0 unspecified atom stereocenters. The third kappa shape index (κ3) is 4.99. The van der Waals surface area contributed by atoms with Crippen LogP contribution in [0.1, 0.15) is 43.7 Å². The Bertz CT molecular complexity index is 1040. The molecule has 0 bridgehead atoms. The Morgan fingerprint density at radius 2 is 2.25 bits per heavy atom. The standard InChI is InChI=1S/C23H31N7O2/c1-2-18-16-27-30-20(26-15-17-6-5-9-25-14-17)12-21(28-23(18)30)29-10-4-3-7-19(29)8-11-32-22(31)13-24/h5-6,9,12,14,16,19,26H,2-4,7-8,10-11,13,15,24H2,1H3/t19-/m0/s1. The molecule has 4 rings (SSSR count). The highest BCUT2D eigenvalue weighted by atomic mass is 16.5. The van der Waals surface area contributed by atoms with Crippen LogP contribution in [0.15, 0.2) is 36.8 Å². The van der Waals surface area contributed by atoms with E-state index in [-0.39, 0.29) is 18.6 Å². The molecule has 1 fully saturated rings. The van der Waals surface area contributed by atoms with Crippen molar-refractivity contribution in [3.63, 3.8) is 0 Å². The van der Waals surface area contributed by atoms with Gasteiger partial charge in [-0.05, 0) is 37.3 Å². The Kier molecular flexibility index (Phi) is 7.16. The van der Waals surface area contributed by atoms with Gasteiger partial charge in [-0.15, -0.1) is 0 Å². The van der Waals surface area contributed by atoms with Gasteiger partial charge in [0.05, 0.1) is 19.3 Å². The van der Waals surface area contributed by atoms with Crippen molar-refractivity contribution in [2.75, 3.05) is 29.9 Å². The number of fused-ring (bicyclic) bond motifs is 1. The SMILES string of the molecule is CCc1cnn2c(NCc3cccnc3)cc(N3CCCC[C@H]3CCOC(=O)CN)nc12. The molecule has 0 aliphatic carbocycles. The summed E-state index contributed by atoms with van der Waals surface area (Å²) in [5, 5.41) is 8.09. The Balaban J connectivity index is 1.60. The molecule has 32 heavy (non-hydrogen) atoms. The van der Waals surface area contributed by atoms with E-state index in [1.807, 2.05) is 29.0 Å². The van der Waals surface area contributed by atoms with Gasteiger partial charge in [0, 0.05) is 49.6 Å². The Morgan fingerprint density at radius 1 is 1.34 bits per heavy atom. The van der Waals surface area contributed by atoms with Crippen LogP contribution in [0, 0.1) is 0 Å². The fourth-order valence-electron chi connectivity index (χ4n) is 4.18. The number of nitrogens with two attached hydrogens (primary N) is 1. The maximum absolute atomic E-state index is 11.4. The van der Waals surface area contributed by atoms with Crippen LogP contribution in [0.4, 0.5) is 11.6 Å². The molecule has 1 saturated heterocycles. The molecule has 0 saturated carbocycles. The fourth-order valence-corrected chi connectivity index (χ4v) is 4.18. The maximum atomic E-state index is 11.4. The third-order valence-electron chi connectivity index (χ3n) is 5.91. The van der Waals surface area contributed by atoms with Gasteiger partial charge in [-0.2, -0.15) is 9.61 Å². The molecule has 0 spiro atoms. The normalized spacial score (nSPS) is 16.3. The van der Waals surface area contributed by atoms with Crippen molar-refractivity contribution >= 4 is 23.3 Å². The molecule has 9 heteroatoms. The summed E-state index contributed by atoms with van der Waals surface area (Å²) in [6.07, 6.45) is 10.5. The Hall–Kier alpha value is -3.20. The van der Waals surface area contributed by atoms with Crippen LogP contribution in [0.25, 0.3) is 5.65 Å². The van der Waals surface area contributed by atoms with Crippen molar-refractivity contribution in [3.05, 3.63) is 47.9 Å². The quantitative estimate of drug-likeness (QED) is 0.492. The molecule has 170 valence electrons. The van der Waals surface area contributed by atoms with Gasteiger partial charge in [0.2, 0.25) is 0 Å². The number of ether oxygens (including phenoxy) is 1. The molecular formula is C23H31N7O2. The number of piperidine rings is 1.